The van der Waals surface area contributed by atoms with E-state index in [1.807, 2.05) is 0 Å². The van der Waals surface area contributed by atoms with Crippen LogP contribution in [0, 0.1) is 0 Å². The maximum absolute atomic E-state index is 12.1. The summed E-state index contributed by atoms with van der Waals surface area (Å²) in [5.74, 6) is -1.28. The van der Waals surface area contributed by atoms with Crippen LogP contribution in [0.1, 0.15) is 22.8 Å². The SMILES string of the molecule is CC(=O)Nc1cccc(C(=O)NN=Cc2ccc(OCC(=O)O)cc2)c1. The van der Waals surface area contributed by atoms with E-state index in [2.05, 4.69) is 15.8 Å². The number of nitrogens with zero attached hydrogens (tertiary/aromatic N) is 1. The minimum Gasteiger partial charge on any atom is -0.482 e. The van der Waals surface area contributed by atoms with E-state index in [1.54, 1.807) is 48.5 Å². The van der Waals surface area contributed by atoms with Crippen molar-refractivity contribution in [3.63, 3.8) is 0 Å². The Morgan fingerprint density at radius 2 is 1.88 bits per heavy atom. The number of ether oxygens (including phenoxy) is 1. The first-order chi connectivity index (χ1) is 12.4. The molecule has 0 aliphatic rings. The monoisotopic (exact) mass is 355 g/mol. The predicted molar refractivity (Wildman–Crippen MR) is 95.4 cm³/mol. The number of rotatable bonds is 7. The third kappa shape index (κ3) is 6.08. The smallest absolute Gasteiger partial charge is 0.341 e. The molecule has 2 aromatic rings. The Morgan fingerprint density at radius 1 is 1.15 bits per heavy atom. The maximum Gasteiger partial charge on any atom is 0.341 e. The number of anilines is 1. The molecule has 0 fully saturated rings. The average Bonchev–Trinajstić information content (AvgIpc) is 2.60. The van der Waals surface area contributed by atoms with Crippen LogP contribution in [0.2, 0.25) is 0 Å². The molecule has 3 N–H and O–H groups in total. The van der Waals surface area contributed by atoms with Gasteiger partial charge in [0, 0.05) is 18.2 Å². The van der Waals surface area contributed by atoms with Gasteiger partial charge in [-0.25, -0.2) is 10.2 Å². The summed E-state index contributed by atoms with van der Waals surface area (Å²) < 4.78 is 5.02. The highest BCUT2D eigenvalue weighted by Gasteiger charge is 2.05. The lowest BCUT2D eigenvalue weighted by Crippen LogP contribution is -2.18. The molecule has 0 aromatic heterocycles. The van der Waals surface area contributed by atoms with E-state index in [1.165, 1.54) is 13.1 Å². The van der Waals surface area contributed by atoms with Gasteiger partial charge in [-0.3, -0.25) is 9.59 Å². The highest BCUT2D eigenvalue weighted by atomic mass is 16.5. The van der Waals surface area contributed by atoms with Gasteiger partial charge in [0.25, 0.3) is 5.91 Å². The highest BCUT2D eigenvalue weighted by molar-refractivity contribution is 5.97. The van der Waals surface area contributed by atoms with Crippen LogP contribution in [0.25, 0.3) is 0 Å². The van der Waals surface area contributed by atoms with Crippen LogP contribution in [0.3, 0.4) is 0 Å². The predicted octanol–water partition coefficient (Wildman–Crippen LogP) is 1.87. The van der Waals surface area contributed by atoms with Crippen molar-refractivity contribution in [1.29, 1.82) is 0 Å². The van der Waals surface area contributed by atoms with Gasteiger partial charge in [-0.1, -0.05) is 6.07 Å². The third-order valence-corrected chi connectivity index (χ3v) is 3.07. The van der Waals surface area contributed by atoms with E-state index in [0.29, 0.717) is 22.6 Å². The minimum atomic E-state index is -1.05. The molecule has 0 heterocycles. The zero-order valence-electron chi connectivity index (χ0n) is 13.9. The first kappa shape index (κ1) is 18.7. The van der Waals surface area contributed by atoms with Crippen LogP contribution in [-0.2, 0) is 9.59 Å². The maximum atomic E-state index is 12.1. The van der Waals surface area contributed by atoms with Crippen LogP contribution in [0.5, 0.6) is 5.75 Å². The fourth-order valence-corrected chi connectivity index (χ4v) is 1.97. The van der Waals surface area contributed by atoms with Gasteiger partial charge in [0.05, 0.1) is 6.21 Å². The molecule has 0 saturated heterocycles. The normalized spacial score (nSPS) is 10.3. The number of benzene rings is 2. The number of carboxylic acids is 1. The lowest BCUT2D eigenvalue weighted by atomic mass is 10.2. The minimum absolute atomic E-state index is 0.226. The summed E-state index contributed by atoms with van der Waals surface area (Å²) in [6.07, 6.45) is 1.44. The van der Waals surface area contributed by atoms with Gasteiger partial charge in [-0.05, 0) is 48.0 Å². The summed E-state index contributed by atoms with van der Waals surface area (Å²) in [5.41, 5.74) is 3.96. The molecule has 2 aromatic carbocycles. The lowest BCUT2D eigenvalue weighted by molar-refractivity contribution is -0.139. The van der Waals surface area contributed by atoms with Crippen molar-refractivity contribution in [2.45, 2.75) is 6.92 Å². The van der Waals surface area contributed by atoms with Crippen LogP contribution < -0.4 is 15.5 Å². The van der Waals surface area contributed by atoms with E-state index < -0.39 is 18.5 Å². The van der Waals surface area contributed by atoms with Gasteiger partial charge < -0.3 is 15.2 Å². The molecule has 0 aliphatic heterocycles. The molecular weight excluding hydrogens is 338 g/mol. The number of amides is 2. The molecule has 0 saturated carbocycles. The molecule has 0 radical (unpaired) electrons. The Kier molecular flexibility index (Phi) is 6.44. The van der Waals surface area contributed by atoms with Gasteiger partial charge in [0.1, 0.15) is 5.75 Å². The summed E-state index contributed by atoms with van der Waals surface area (Å²) in [6.45, 7) is 0.968. The summed E-state index contributed by atoms with van der Waals surface area (Å²) >= 11 is 0. The van der Waals surface area contributed by atoms with Crippen LogP contribution in [0.15, 0.2) is 53.6 Å². The Balaban J connectivity index is 1.92. The molecular formula is C18H17N3O5. The van der Waals surface area contributed by atoms with Gasteiger partial charge in [-0.2, -0.15) is 5.10 Å². The number of carboxylic acid groups (broad SMARTS) is 1. The highest BCUT2D eigenvalue weighted by Crippen LogP contribution is 2.12. The number of aliphatic carboxylic acids is 1. The fraction of sp³-hybridized carbons (Fsp3) is 0.111. The topological polar surface area (TPSA) is 117 Å². The standard InChI is InChI=1S/C18H17N3O5/c1-12(22)20-15-4-2-3-14(9-15)18(25)21-19-10-13-5-7-16(8-6-13)26-11-17(23)24/h2-10H,11H2,1H3,(H,20,22)(H,21,25)(H,23,24). The van der Waals surface area contributed by atoms with E-state index in [0.717, 1.165) is 0 Å². The van der Waals surface area contributed by atoms with Crippen molar-refractivity contribution in [2.24, 2.45) is 5.10 Å². The zero-order valence-corrected chi connectivity index (χ0v) is 13.9. The van der Waals surface area contributed by atoms with Crippen LogP contribution >= 0.6 is 0 Å². The summed E-state index contributed by atoms with van der Waals surface area (Å²) in [7, 11) is 0. The Morgan fingerprint density at radius 3 is 2.54 bits per heavy atom. The van der Waals surface area contributed by atoms with Crippen molar-refractivity contribution < 1.29 is 24.2 Å². The first-order valence-electron chi connectivity index (χ1n) is 7.60. The fourth-order valence-electron chi connectivity index (χ4n) is 1.97. The Labute approximate surface area is 149 Å². The number of hydrogen-bond acceptors (Lipinski definition) is 5. The van der Waals surface area contributed by atoms with Crippen molar-refractivity contribution in [3.05, 3.63) is 59.7 Å². The molecule has 134 valence electrons. The average molecular weight is 355 g/mol. The first-order valence-corrected chi connectivity index (χ1v) is 7.60. The number of nitrogens with one attached hydrogen (secondary N) is 2. The second-order valence-electron chi connectivity index (χ2n) is 5.21. The molecule has 2 amide bonds. The van der Waals surface area contributed by atoms with Gasteiger partial charge in [0.2, 0.25) is 5.91 Å². The molecule has 0 atom stereocenters. The van der Waals surface area contributed by atoms with Crippen LogP contribution in [-0.4, -0.2) is 35.7 Å². The van der Waals surface area contributed by atoms with E-state index in [4.69, 9.17) is 9.84 Å². The van der Waals surface area contributed by atoms with Crippen molar-refractivity contribution >= 4 is 29.7 Å². The zero-order chi connectivity index (χ0) is 18.9. The summed E-state index contributed by atoms with van der Waals surface area (Å²) in [5, 5.41) is 15.0. The molecule has 8 nitrogen and oxygen atoms in total. The number of hydrazone groups is 1. The molecule has 8 heteroatoms. The van der Waals surface area contributed by atoms with Gasteiger partial charge in [0.15, 0.2) is 6.61 Å². The van der Waals surface area contributed by atoms with Crippen molar-refractivity contribution in [2.75, 3.05) is 11.9 Å². The van der Waals surface area contributed by atoms with E-state index in [-0.39, 0.29) is 5.91 Å². The molecule has 0 bridgehead atoms. The second-order valence-corrected chi connectivity index (χ2v) is 5.21. The molecule has 0 aliphatic carbocycles. The number of carbonyl (C=O) groups excluding carboxylic acids is 2. The molecule has 2 rings (SSSR count). The number of carbonyl (C=O) groups is 3. The molecule has 0 unspecified atom stereocenters. The number of hydrogen-bond donors (Lipinski definition) is 3. The summed E-state index contributed by atoms with van der Waals surface area (Å²) in [4.78, 5) is 33.5. The lowest BCUT2D eigenvalue weighted by Gasteiger charge is -2.05. The van der Waals surface area contributed by atoms with Crippen molar-refractivity contribution in [1.82, 2.24) is 5.43 Å². The second kappa shape index (κ2) is 8.97. The molecule has 0 spiro atoms. The Bertz CT molecular complexity index is 831. The van der Waals surface area contributed by atoms with Gasteiger partial charge >= 0.3 is 5.97 Å². The Hall–Kier alpha value is -3.68. The molecule has 26 heavy (non-hydrogen) atoms. The van der Waals surface area contributed by atoms with Crippen molar-refractivity contribution in [3.8, 4) is 5.75 Å². The largest absolute Gasteiger partial charge is 0.482 e. The van der Waals surface area contributed by atoms with Crippen LogP contribution in [0.4, 0.5) is 5.69 Å². The quantitative estimate of drug-likeness (QED) is 0.518. The summed E-state index contributed by atoms with van der Waals surface area (Å²) in [6, 6.07) is 13.0. The van der Waals surface area contributed by atoms with E-state index >= 15 is 0 Å². The van der Waals surface area contributed by atoms with Gasteiger partial charge in [-0.15, -0.1) is 0 Å². The third-order valence-electron chi connectivity index (χ3n) is 3.07. The van der Waals surface area contributed by atoms with E-state index in [9.17, 15) is 14.4 Å².